The fourth-order valence-electron chi connectivity index (χ4n) is 3.26. The lowest BCUT2D eigenvalue weighted by molar-refractivity contribution is -0.143. The highest BCUT2D eigenvalue weighted by Gasteiger charge is 2.43. The number of nitrogens with zero attached hydrogens (tertiary/aromatic N) is 1. The molecule has 0 radical (unpaired) electrons. The molecule has 2 aliphatic rings. The van der Waals surface area contributed by atoms with Crippen LogP contribution in [-0.2, 0) is 15.1 Å². The number of carboxylic acids is 1. The molecule has 2 fully saturated rings. The average molecular weight is 345 g/mol. The van der Waals surface area contributed by atoms with Gasteiger partial charge in [-0.15, -0.1) is 0 Å². The summed E-state index contributed by atoms with van der Waals surface area (Å²) in [5.74, 6) is -2.21. The molecule has 2 atom stereocenters. The minimum absolute atomic E-state index is 0.173. The summed E-state index contributed by atoms with van der Waals surface area (Å²) in [6, 6.07) is 5.92. The molecule has 2 saturated heterocycles. The fourth-order valence-corrected chi connectivity index (χ4v) is 3.26. The molecule has 0 saturated carbocycles. The number of amides is 4. The molecular formula is C17H19N3O5. The highest BCUT2D eigenvalue weighted by molar-refractivity contribution is 6.07. The second-order valence-electron chi connectivity index (χ2n) is 6.54. The number of rotatable bonds is 3. The van der Waals surface area contributed by atoms with E-state index in [0.717, 1.165) is 0 Å². The van der Waals surface area contributed by atoms with Gasteiger partial charge in [-0.25, -0.2) is 4.79 Å². The highest BCUT2D eigenvalue weighted by atomic mass is 16.4. The molecule has 25 heavy (non-hydrogen) atoms. The number of piperidine rings is 1. The summed E-state index contributed by atoms with van der Waals surface area (Å²) in [5, 5.41) is 13.9. The van der Waals surface area contributed by atoms with Gasteiger partial charge in [0.05, 0.1) is 5.92 Å². The van der Waals surface area contributed by atoms with Crippen LogP contribution in [-0.4, -0.2) is 46.9 Å². The number of imide groups is 1. The molecule has 8 nitrogen and oxygen atoms in total. The third-order valence-corrected chi connectivity index (χ3v) is 4.79. The zero-order valence-corrected chi connectivity index (χ0v) is 13.7. The van der Waals surface area contributed by atoms with Crippen LogP contribution >= 0.6 is 0 Å². The van der Waals surface area contributed by atoms with Crippen molar-refractivity contribution in [3.05, 3.63) is 35.4 Å². The number of urea groups is 1. The number of nitrogens with one attached hydrogen (secondary N) is 2. The van der Waals surface area contributed by atoms with Crippen molar-refractivity contribution < 1.29 is 24.3 Å². The van der Waals surface area contributed by atoms with Crippen molar-refractivity contribution in [1.29, 1.82) is 0 Å². The van der Waals surface area contributed by atoms with Gasteiger partial charge in [0, 0.05) is 18.7 Å². The molecule has 1 aromatic rings. The number of carbonyl (C=O) groups is 4. The van der Waals surface area contributed by atoms with Gasteiger partial charge in [0.25, 0.3) is 11.8 Å². The SMILES string of the molecule is CC1(c2cccc(C(=O)N3CCCC(C(=O)O)C3)c2)NC(=O)NC1=O. The Bertz CT molecular complexity index is 762. The van der Waals surface area contributed by atoms with Crippen LogP contribution in [0.1, 0.15) is 35.7 Å². The standard InChI is InChI=1S/C17H19N3O5/c1-17(15(24)18-16(25)19-17)12-6-2-4-10(8-12)13(21)20-7-3-5-11(9-20)14(22)23/h2,4,6,8,11H,3,5,7,9H2,1H3,(H,22,23)(H2,18,19,24,25). The zero-order valence-electron chi connectivity index (χ0n) is 13.7. The number of hydrogen-bond donors (Lipinski definition) is 3. The van der Waals surface area contributed by atoms with Crippen LogP contribution in [0.4, 0.5) is 4.79 Å². The van der Waals surface area contributed by atoms with Gasteiger partial charge in [0.2, 0.25) is 0 Å². The monoisotopic (exact) mass is 345 g/mol. The van der Waals surface area contributed by atoms with Crippen molar-refractivity contribution in [3.63, 3.8) is 0 Å². The molecule has 4 amide bonds. The third kappa shape index (κ3) is 3.07. The quantitative estimate of drug-likeness (QED) is 0.697. The maximum atomic E-state index is 12.7. The Hall–Kier alpha value is -2.90. The van der Waals surface area contributed by atoms with Crippen LogP contribution in [0.5, 0.6) is 0 Å². The van der Waals surface area contributed by atoms with Crippen LogP contribution in [0, 0.1) is 5.92 Å². The van der Waals surface area contributed by atoms with Crippen LogP contribution < -0.4 is 10.6 Å². The molecule has 0 aliphatic carbocycles. The number of likely N-dealkylation sites (tertiary alicyclic amines) is 1. The summed E-state index contributed by atoms with van der Waals surface area (Å²) in [6.07, 6.45) is 1.20. The van der Waals surface area contributed by atoms with Gasteiger partial charge in [-0.2, -0.15) is 0 Å². The predicted molar refractivity (Wildman–Crippen MR) is 86.7 cm³/mol. The molecule has 2 unspecified atom stereocenters. The zero-order chi connectivity index (χ0) is 18.2. The lowest BCUT2D eigenvalue weighted by Crippen LogP contribution is -2.43. The Labute approximate surface area is 144 Å². The van der Waals surface area contributed by atoms with E-state index in [1.54, 1.807) is 31.2 Å². The molecule has 0 aromatic heterocycles. The summed E-state index contributed by atoms with van der Waals surface area (Å²) < 4.78 is 0. The molecule has 0 spiro atoms. The maximum Gasteiger partial charge on any atom is 0.322 e. The molecule has 132 valence electrons. The number of carbonyl (C=O) groups excluding carboxylic acids is 3. The second-order valence-corrected chi connectivity index (χ2v) is 6.54. The minimum Gasteiger partial charge on any atom is -0.481 e. The van der Waals surface area contributed by atoms with E-state index in [1.165, 1.54) is 4.90 Å². The van der Waals surface area contributed by atoms with Gasteiger partial charge in [-0.3, -0.25) is 19.7 Å². The van der Waals surface area contributed by atoms with Crippen molar-refractivity contribution in [3.8, 4) is 0 Å². The predicted octanol–water partition coefficient (Wildman–Crippen LogP) is 0.678. The van der Waals surface area contributed by atoms with Gasteiger partial charge in [-0.05, 0) is 37.5 Å². The van der Waals surface area contributed by atoms with Crippen molar-refractivity contribution in [2.75, 3.05) is 13.1 Å². The third-order valence-electron chi connectivity index (χ3n) is 4.79. The van der Waals surface area contributed by atoms with E-state index >= 15 is 0 Å². The average Bonchev–Trinajstić information content (AvgIpc) is 2.87. The number of carboxylic acid groups (broad SMARTS) is 1. The number of benzene rings is 1. The van der Waals surface area contributed by atoms with Crippen molar-refractivity contribution in [2.45, 2.75) is 25.3 Å². The van der Waals surface area contributed by atoms with E-state index in [0.29, 0.717) is 30.5 Å². The Kier molecular flexibility index (Phi) is 4.20. The maximum absolute atomic E-state index is 12.7. The summed E-state index contributed by atoms with van der Waals surface area (Å²) >= 11 is 0. The Morgan fingerprint density at radius 2 is 2.08 bits per heavy atom. The van der Waals surface area contributed by atoms with E-state index < -0.39 is 29.4 Å². The topological polar surface area (TPSA) is 116 Å². The summed E-state index contributed by atoms with van der Waals surface area (Å²) in [7, 11) is 0. The Morgan fingerprint density at radius 3 is 2.72 bits per heavy atom. The van der Waals surface area contributed by atoms with Crippen LogP contribution in [0.15, 0.2) is 24.3 Å². The molecule has 2 aliphatic heterocycles. The molecule has 3 rings (SSSR count). The van der Waals surface area contributed by atoms with Gasteiger partial charge < -0.3 is 15.3 Å². The fraction of sp³-hybridized carbons (Fsp3) is 0.412. The Morgan fingerprint density at radius 1 is 1.32 bits per heavy atom. The molecule has 2 heterocycles. The van der Waals surface area contributed by atoms with E-state index in [4.69, 9.17) is 5.11 Å². The first-order valence-corrected chi connectivity index (χ1v) is 8.07. The van der Waals surface area contributed by atoms with Gasteiger partial charge >= 0.3 is 12.0 Å². The van der Waals surface area contributed by atoms with Crippen molar-refractivity contribution in [2.24, 2.45) is 5.92 Å². The van der Waals surface area contributed by atoms with Crippen LogP contribution in [0.3, 0.4) is 0 Å². The molecule has 3 N–H and O–H groups in total. The van der Waals surface area contributed by atoms with Crippen LogP contribution in [0.25, 0.3) is 0 Å². The van der Waals surface area contributed by atoms with Gasteiger partial charge in [0.1, 0.15) is 5.54 Å². The lowest BCUT2D eigenvalue weighted by atomic mass is 9.90. The van der Waals surface area contributed by atoms with Crippen molar-refractivity contribution >= 4 is 23.8 Å². The largest absolute Gasteiger partial charge is 0.481 e. The first-order chi connectivity index (χ1) is 11.8. The summed E-state index contributed by atoms with van der Waals surface area (Å²) in [5.41, 5.74) is -0.383. The lowest BCUT2D eigenvalue weighted by Gasteiger charge is -2.31. The van der Waals surface area contributed by atoms with Gasteiger partial charge in [0.15, 0.2) is 0 Å². The van der Waals surface area contributed by atoms with E-state index in [1.807, 2.05) is 0 Å². The normalized spacial score (nSPS) is 26.1. The number of aliphatic carboxylic acids is 1. The van der Waals surface area contributed by atoms with Gasteiger partial charge in [-0.1, -0.05) is 12.1 Å². The minimum atomic E-state index is -1.24. The number of hydrogen-bond acceptors (Lipinski definition) is 4. The van der Waals surface area contributed by atoms with E-state index in [9.17, 15) is 19.2 Å². The van der Waals surface area contributed by atoms with E-state index in [-0.39, 0.29) is 12.5 Å². The molecule has 1 aromatic carbocycles. The van der Waals surface area contributed by atoms with E-state index in [2.05, 4.69) is 10.6 Å². The van der Waals surface area contributed by atoms with Crippen molar-refractivity contribution in [1.82, 2.24) is 15.5 Å². The Balaban J connectivity index is 1.84. The smallest absolute Gasteiger partial charge is 0.322 e. The summed E-state index contributed by atoms with van der Waals surface area (Å²) in [4.78, 5) is 48.9. The molecule has 0 bridgehead atoms. The second kappa shape index (κ2) is 6.19. The molecule has 8 heteroatoms. The first kappa shape index (κ1) is 16.9. The van der Waals surface area contributed by atoms with Crippen LogP contribution in [0.2, 0.25) is 0 Å². The molecular weight excluding hydrogens is 326 g/mol. The first-order valence-electron chi connectivity index (χ1n) is 8.07. The summed E-state index contributed by atoms with van der Waals surface area (Å²) in [6.45, 7) is 2.24. The highest BCUT2D eigenvalue weighted by Crippen LogP contribution is 2.26.